The summed E-state index contributed by atoms with van der Waals surface area (Å²) in [5.41, 5.74) is 1.66. The van der Waals surface area contributed by atoms with E-state index in [4.69, 9.17) is 16.3 Å². The molecule has 6 nitrogen and oxygen atoms in total. The molecular formula is C15H16ClN3O3S. The molecule has 0 aliphatic rings. The van der Waals surface area contributed by atoms with Gasteiger partial charge in [-0.3, -0.25) is 9.89 Å². The van der Waals surface area contributed by atoms with Crippen LogP contribution in [-0.2, 0) is 9.53 Å². The number of ether oxygens (including phenoxy) is 1. The van der Waals surface area contributed by atoms with Gasteiger partial charge in [0.2, 0.25) is 0 Å². The number of thiol groups is 1. The molecule has 0 bridgehead atoms. The van der Waals surface area contributed by atoms with Crippen molar-refractivity contribution in [2.45, 2.75) is 13.0 Å². The molecule has 0 saturated carbocycles. The average molecular weight is 354 g/mol. The quantitative estimate of drug-likeness (QED) is 0.549. The van der Waals surface area contributed by atoms with Crippen molar-refractivity contribution < 1.29 is 14.3 Å². The smallest absolute Gasteiger partial charge is 0.329 e. The highest BCUT2D eigenvalue weighted by atomic mass is 35.5. The third kappa shape index (κ3) is 4.49. The third-order valence-corrected chi connectivity index (χ3v) is 3.64. The zero-order chi connectivity index (χ0) is 16.8. The van der Waals surface area contributed by atoms with Gasteiger partial charge in [0.1, 0.15) is 11.7 Å². The molecule has 0 unspecified atom stereocenters. The first-order valence-corrected chi connectivity index (χ1v) is 7.96. The SMILES string of the molecule is CCOC(=O)[C@H](CS)NC(=O)c1cc(-c2ccc(Cl)cc2)n[nH]1. The molecule has 0 spiro atoms. The van der Waals surface area contributed by atoms with Gasteiger partial charge in [0.25, 0.3) is 5.91 Å². The van der Waals surface area contributed by atoms with E-state index in [1.165, 1.54) is 0 Å². The Morgan fingerprint density at radius 2 is 2.09 bits per heavy atom. The molecule has 8 heteroatoms. The maximum Gasteiger partial charge on any atom is 0.329 e. The summed E-state index contributed by atoms with van der Waals surface area (Å²) in [6.45, 7) is 1.94. The van der Waals surface area contributed by atoms with Crippen molar-refractivity contribution in [3.8, 4) is 11.3 Å². The van der Waals surface area contributed by atoms with Gasteiger partial charge in [-0.15, -0.1) is 0 Å². The van der Waals surface area contributed by atoms with Crippen molar-refractivity contribution in [2.24, 2.45) is 0 Å². The first-order valence-electron chi connectivity index (χ1n) is 6.94. The van der Waals surface area contributed by atoms with Crippen LogP contribution in [0.4, 0.5) is 0 Å². The highest BCUT2D eigenvalue weighted by Gasteiger charge is 2.22. The lowest BCUT2D eigenvalue weighted by Crippen LogP contribution is -2.43. The molecular weight excluding hydrogens is 338 g/mol. The van der Waals surface area contributed by atoms with Crippen molar-refractivity contribution in [3.63, 3.8) is 0 Å². The van der Waals surface area contributed by atoms with Gasteiger partial charge in [-0.05, 0) is 25.1 Å². The fraction of sp³-hybridized carbons (Fsp3) is 0.267. The van der Waals surface area contributed by atoms with Gasteiger partial charge in [0.05, 0.1) is 12.3 Å². The number of benzene rings is 1. The Morgan fingerprint density at radius 3 is 2.70 bits per heavy atom. The number of nitrogens with zero attached hydrogens (tertiary/aromatic N) is 1. The second-order valence-corrected chi connectivity index (χ2v) is 5.44. The number of esters is 1. The van der Waals surface area contributed by atoms with Crippen LogP contribution in [0.25, 0.3) is 11.3 Å². The van der Waals surface area contributed by atoms with Crippen LogP contribution in [0, 0.1) is 0 Å². The lowest BCUT2D eigenvalue weighted by atomic mass is 10.1. The summed E-state index contributed by atoms with van der Waals surface area (Å²) < 4.78 is 4.88. The monoisotopic (exact) mass is 353 g/mol. The molecule has 0 fully saturated rings. The van der Waals surface area contributed by atoms with Crippen LogP contribution in [0.2, 0.25) is 5.02 Å². The summed E-state index contributed by atoms with van der Waals surface area (Å²) in [6.07, 6.45) is 0. The second-order valence-electron chi connectivity index (χ2n) is 4.63. The minimum absolute atomic E-state index is 0.142. The predicted octanol–water partition coefficient (Wildman–Crippen LogP) is 2.32. The van der Waals surface area contributed by atoms with E-state index in [2.05, 4.69) is 28.1 Å². The summed E-state index contributed by atoms with van der Waals surface area (Å²) in [6, 6.07) is 7.86. The number of halogens is 1. The largest absolute Gasteiger partial charge is 0.464 e. The summed E-state index contributed by atoms with van der Waals surface area (Å²) in [5.74, 6) is -0.832. The fourth-order valence-corrected chi connectivity index (χ4v) is 2.23. The maximum atomic E-state index is 12.2. The van der Waals surface area contributed by atoms with Crippen LogP contribution >= 0.6 is 24.2 Å². The fourth-order valence-electron chi connectivity index (χ4n) is 1.86. The Balaban J connectivity index is 2.08. The number of aromatic amines is 1. The number of amides is 1. The summed E-state index contributed by atoms with van der Waals surface area (Å²) in [4.78, 5) is 23.9. The van der Waals surface area contributed by atoms with E-state index < -0.39 is 17.9 Å². The molecule has 1 heterocycles. The number of hydrogen-bond acceptors (Lipinski definition) is 5. The second kappa shape index (κ2) is 8.03. The third-order valence-electron chi connectivity index (χ3n) is 3.02. The summed E-state index contributed by atoms with van der Waals surface area (Å²) in [5, 5.41) is 9.91. The molecule has 0 aliphatic heterocycles. The van der Waals surface area contributed by atoms with Gasteiger partial charge in [0.15, 0.2) is 0 Å². The molecule has 2 aromatic rings. The minimum Gasteiger partial charge on any atom is -0.464 e. The number of carbonyl (C=O) groups excluding carboxylic acids is 2. The Morgan fingerprint density at radius 1 is 1.39 bits per heavy atom. The van der Waals surface area contributed by atoms with E-state index in [-0.39, 0.29) is 18.1 Å². The van der Waals surface area contributed by atoms with E-state index in [0.717, 1.165) is 5.56 Å². The Bertz CT molecular complexity index is 688. The van der Waals surface area contributed by atoms with Crippen molar-refractivity contribution in [3.05, 3.63) is 41.0 Å². The Labute approximate surface area is 144 Å². The first kappa shape index (κ1) is 17.4. The van der Waals surface area contributed by atoms with Crippen molar-refractivity contribution in [2.75, 3.05) is 12.4 Å². The molecule has 1 aromatic carbocycles. The summed E-state index contributed by atoms with van der Waals surface area (Å²) in [7, 11) is 0. The van der Waals surface area contributed by atoms with E-state index in [1.54, 1.807) is 37.3 Å². The zero-order valence-corrected chi connectivity index (χ0v) is 14.0. The molecule has 0 radical (unpaired) electrons. The Kier molecular flexibility index (Phi) is 6.06. The normalized spacial score (nSPS) is 11.8. The lowest BCUT2D eigenvalue weighted by molar-refractivity contribution is -0.144. The van der Waals surface area contributed by atoms with Crippen molar-refractivity contribution >= 4 is 36.1 Å². The number of hydrogen-bond donors (Lipinski definition) is 3. The van der Waals surface area contributed by atoms with Crippen LogP contribution in [0.5, 0.6) is 0 Å². The summed E-state index contributed by atoms with van der Waals surface area (Å²) >= 11 is 9.89. The number of nitrogens with one attached hydrogen (secondary N) is 2. The van der Waals surface area contributed by atoms with Crippen molar-refractivity contribution in [1.29, 1.82) is 0 Å². The molecule has 122 valence electrons. The van der Waals surface area contributed by atoms with Crippen molar-refractivity contribution in [1.82, 2.24) is 15.5 Å². The van der Waals surface area contributed by atoms with E-state index in [0.29, 0.717) is 10.7 Å². The van der Waals surface area contributed by atoms with Gasteiger partial charge in [0, 0.05) is 16.3 Å². The molecule has 1 amide bonds. The van der Waals surface area contributed by atoms with Crippen LogP contribution in [0.1, 0.15) is 17.4 Å². The molecule has 0 aliphatic carbocycles. The number of rotatable bonds is 6. The van der Waals surface area contributed by atoms with Gasteiger partial charge < -0.3 is 10.1 Å². The number of carbonyl (C=O) groups is 2. The van der Waals surface area contributed by atoms with Crippen LogP contribution in [0.15, 0.2) is 30.3 Å². The highest BCUT2D eigenvalue weighted by Crippen LogP contribution is 2.20. The molecule has 2 N–H and O–H groups in total. The maximum absolute atomic E-state index is 12.2. The number of H-pyrrole nitrogens is 1. The predicted molar refractivity (Wildman–Crippen MR) is 90.8 cm³/mol. The highest BCUT2D eigenvalue weighted by molar-refractivity contribution is 7.80. The molecule has 23 heavy (non-hydrogen) atoms. The Hall–Kier alpha value is -1.99. The van der Waals surface area contributed by atoms with Gasteiger partial charge in [-0.2, -0.15) is 17.7 Å². The van der Waals surface area contributed by atoms with E-state index in [9.17, 15) is 9.59 Å². The van der Waals surface area contributed by atoms with Crippen LogP contribution in [0.3, 0.4) is 0 Å². The molecule has 1 atom stereocenters. The first-order chi connectivity index (χ1) is 11.0. The van der Waals surface area contributed by atoms with Gasteiger partial charge in [-0.25, -0.2) is 4.79 Å². The average Bonchev–Trinajstić information content (AvgIpc) is 3.03. The molecule has 0 saturated heterocycles. The molecule has 2 rings (SSSR count). The van der Waals surface area contributed by atoms with Crippen LogP contribution < -0.4 is 5.32 Å². The van der Waals surface area contributed by atoms with E-state index in [1.807, 2.05) is 0 Å². The van der Waals surface area contributed by atoms with Gasteiger partial charge >= 0.3 is 5.97 Å². The standard InChI is InChI=1S/C15H16ClN3O3S/c1-2-22-15(21)13(8-23)17-14(20)12-7-11(18-19-12)9-3-5-10(16)6-4-9/h3-7,13,23H,2,8H2,1H3,(H,17,20)(H,18,19)/t13-/m0/s1. The minimum atomic E-state index is -0.812. The zero-order valence-electron chi connectivity index (χ0n) is 12.4. The lowest BCUT2D eigenvalue weighted by Gasteiger charge is -2.14. The van der Waals surface area contributed by atoms with E-state index >= 15 is 0 Å². The van der Waals surface area contributed by atoms with Gasteiger partial charge in [-0.1, -0.05) is 23.7 Å². The topological polar surface area (TPSA) is 84.1 Å². The number of aromatic nitrogens is 2. The van der Waals surface area contributed by atoms with Crippen LogP contribution in [-0.4, -0.2) is 40.5 Å². The molecule has 1 aromatic heterocycles.